The van der Waals surface area contributed by atoms with Gasteiger partial charge in [0, 0.05) is 12.6 Å². The summed E-state index contributed by atoms with van der Waals surface area (Å²) in [5, 5.41) is 12.9. The van der Waals surface area contributed by atoms with Gasteiger partial charge in [-0.05, 0) is 26.2 Å². The molecule has 0 aliphatic heterocycles. The minimum Gasteiger partial charge on any atom is -0.466 e. The van der Waals surface area contributed by atoms with Crippen LogP contribution in [0.25, 0.3) is 0 Å². The van der Waals surface area contributed by atoms with E-state index in [1.54, 1.807) is 6.92 Å². The molecule has 0 fully saturated rings. The molecule has 0 spiro atoms. The summed E-state index contributed by atoms with van der Waals surface area (Å²) in [4.78, 5) is 11.1. The normalized spacial score (nSPS) is 14.6. The molecule has 0 aliphatic rings. The van der Waals surface area contributed by atoms with Crippen molar-refractivity contribution >= 4 is 5.97 Å². The predicted molar refractivity (Wildman–Crippen MR) is 73.4 cm³/mol. The number of carbonyl (C=O) groups excluding carboxylic acids is 1. The molecule has 2 N–H and O–H groups in total. The van der Waals surface area contributed by atoms with E-state index >= 15 is 0 Å². The van der Waals surface area contributed by atoms with Gasteiger partial charge in [-0.2, -0.15) is 0 Å². The van der Waals surface area contributed by atoms with Gasteiger partial charge in [-0.15, -0.1) is 0 Å². The molecule has 0 radical (unpaired) electrons. The molecular weight excluding hydrogens is 230 g/mol. The fraction of sp³-hybridized carbons (Fsp3) is 0.929. The molecule has 2 atom stereocenters. The predicted octanol–water partition coefficient (Wildman–Crippen LogP) is 2.10. The molecule has 2 unspecified atom stereocenters. The minimum atomic E-state index is -0.656. The fourth-order valence-electron chi connectivity index (χ4n) is 1.76. The summed E-state index contributed by atoms with van der Waals surface area (Å²) in [5.74, 6) is 0.408. The molecule has 108 valence electrons. The van der Waals surface area contributed by atoms with Gasteiger partial charge in [0.25, 0.3) is 0 Å². The zero-order chi connectivity index (χ0) is 14.0. The highest BCUT2D eigenvalue weighted by Crippen LogP contribution is 2.08. The Hall–Kier alpha value is -0.610. The second-order valence-electron chi connectivity index (χ2n) is 5.30. The lowest BCUT2D eigenvalue weighted by atomic mass is 10.0. The zero-order valence-electron chi connectivity index (χ0n) is 12.2. The number of nitrogens with one attached hydrogen (secondary N) is 1. The van der Waals surface area contributed by atoms with Crippen molar-refractivity contribution in [3.63, 3.8) is 0 Å². The van der Waals surface area contributed by atoms with Crippen molar-refractivity contribution in [2.75, 3.05) is 13.2 Å². The fourth-order valence-corrected chi connectivity index (χ4v) is 1.76. The van der Waals surface area contributed by atoms with Gasteiger partial charge in [-0.1, -0.05) is 26.7 Å². The molecule has 0 bridgehead atoms. The van der Waals surface area contributed by atoms with Crippen LogP contribution in [0.4, 0.5) is 0 Å². The Morgan fingerprint density at radius 1 is 1.28 bits per heavy atom. The largest absolute Gasteiger partial charge is 0.466 e. The molecule has 0 aromatic heterocycles. The van der Waals surface area contributed by atoms with Crippen LogP contribution in [-0.4, -0.2) is 36.4 Å². The lowest BCUT2D eigenvalue weighted by molar-refractivity contribution is -0.145. The van der Waals surface area contributed by atoms with Crippen LogP contribution in [-0.2, 0) is 9.53 Å². The van der Waals surface area contributed by atoms with E-state index in [9.17, 15) is 9.90 Å². The first-order valence-electron chi connectivity index (χ1n) is 7.02. The van der Waals surface area contributed by atoms with Gasteiger partial charge in [0.05, 0.1) is 19.1 Å². The van der Waals surface area contributed by atoms with Crippen LogP contribution in [0.1, 0.15) is 53.4 Å². The van der Waals surface area contributed by atoms with E-state index in [2.05, 4.69) is 26.1 Å². The second-order valence-corrected chi connectivity index (χ2v) is 5.30. The van der Waals surface area contributed by atoms with Crippen molar-refractivity contribution in [1.82, 2.24) is 5.32 Å². The first-order valence-corrected chi connectivity index (χ1v) is 7.02. The summed E-state index contributed by atoms with van der Waals surface area (Å²) in [7, 11) is 0. The maximum atomic E-state index is 11.1. The van der Waals surface area contributed by atoms with E-state index in [0.717, 1.165) is 12.3 Å². The van der Waals surface area contributed by atoms with E-state index in [1.165, 1.54) is 12.8 Å². The lowest BCUT2D eigenvalue weighted by Gasteiger charge is -2.17. The maximum absolute atomic E-state index is 11.1. The number of carbonyl (C=O) groups is 1. The van der Waals surface area contributed by atoms with Gasteiger partial charge in [0.1, 0.15) is 0 Å². The van der Waals surface area contributed by atoms with Gasteiger partial charge < -0.3 is 15.2 Å². The first kappa shape index (κ1) is 17.4. The van der Waals surface area contributed by atoms with E-state index in [0.29, 0.717) is 19.2 Å². The average Bonchev–Trinajstić information content (AvgIpc) is 2.26. The number of aliphatic hydroxyl groups is 1. The Morgan fingerprint density at radius 3 is 2.50 bits per heavy atom. The van der Waals surface area contributed by atoms with Crippen molar-refractivity contribution in [2.45, 2.75) is 65.5 Å². The van der Waals surface area contributed by atoms with Crippen molar-refractivity contribution < 1.29 is 14.6 Å². The molecule has 0 aromatic carbocycles. The van der Waals surface area contributed by atoms with Crippen LogP contribution >= 0.6 is 0 Å². The van der Waals surface area contributed by atoms with Crippen LogP contribution < -0.4 is 5.32 Å². The quantitative estimate of drug-likeness (QED) is 0.590. The van der Waals surface area contributed by atoms with Gasteiger partial charge in [-0.3, -0.25) is 4.79 Å². The summed E-state index contributed by atoms with van der Waals surface area (Å²) < 4.78 is 4.78. The molecule has 4 nitrogen and oxygen atoms in total. The summed E-state index contributed by atoms with van der Waals surface area (Å²) in [6.07, 6.45) is 2.94. The zero-order valence-corrected chi connectivity index (χ0v) is 12.2. The van der Waals surface area contributed by atoms with Crippen LogP contribution in [0.15, 0.2) is 0 Å². The Kier molecular flexibility index (Phi) is 9.98. The molecule has 0 aromatic rings. The monoisotopic (exact) mass is 259 g/mol. The topological polar surface area (TPSA) is 58.6 Å². The van der Waals surface area contributed by atoms with E-state index < -0.39 is 6.10 Å². The summed E-state index contributed by atoms with van der Waals surface area (Å²) in [5.41, 5.74) is 0. The summed E-state index contributed by atoms with van der Waals surface area (Å²) in [6.45, 7) is 9.13. The second kappa shape index (κ2) is 10.3. The van der Waals surface area contributed by atoms with Gasteiger partial charge >= 0.3 is 5.97 Å². The van der Waals surface area contributed by atoms with Crippen LogP contribution in [0.3, 0.4) is 0 Å². The molecule has 0 saturated heterocycles. The molecule has 0 amide bonds. The van der Waals surface area contributed by atoms with Crippen LogP contribution in [0.5, 0.6) is 0 Å². The highest BCUT2D eigenvalue weighted by atomic mass is 16.5. The number of ether oxygens (including phenoxy) is 1. The van der Waals surface area contributed by atoms with Crippen LogP contribution in [0, 0.1) is 5.92 Å². The third kappa shape index (κ3) is 10.5. The average molecular weight is 259 g/mol. The highest BCUT2D eigenvalue weighted by molar-refractivity contribution is 5.69. The van der Waals surface area contributed by atoms with Crippen molar-refractivity contribution in [3.05, 3.63) is 0 Å². The molecule has 0 heterocycles. The van der Waals surface area contributed by atoms with Crippen LogP contribution in [0.2, 0.25) is 0 Å². The Balaban J connectivity index is 3.58. The third-order valence-electron chi connectivity index (χ3n) is 2.83. The van der Waals surface area contributed by atoms with Crippen molar-refractivity contribution in [3.8, 4) is 0 Å². The van der Waals surface area contributed by atoms with Crippen molar-refractivity contribution in [1.29, 1.82) is 0 Å². The summed E-state index contributed by atoms with van der Waals surface area (Å²) >= 11 is 0. The maximum Gasteiger partial charge on any atom is 0.308 e. The number of aliphatic hydroxyl groups excluding tert-OH is 1. The number of hydrogen-bond acceptors (Lipinski definition) is 4. The SMILES string of the molecule is CCOC(=O)CC(O)CNC(C)CCCC(C)C. The smallest absolute Gasteiger partial charge is 0.308 e. The Bertz CT molecular complexity index is 219. The van der Waals surface area contributed by atoms with Gasteiger partial charge in [-0.25, -0.2) is 0 Å². The molecule has 0 rings (SSSR count). The first-order chi connectivity index (χ1) is 8.45. The molecule has 0 aliphatic carbocycles. The molecule has 0 saturated carbocycles. The molecule has 4 heteroatoms. The van der Waals surface area contributed by atoms with E-state index in [1.807, 2.05) is 0 Å². The van der Waals surface area contributed by atoms with Crippen molar-refractivity contribution in [2.24, 2.45) is 5.92 Å². The number of hydrogen-bond donors (Lipinski definition) is 2. The number of rotatable bonds is 10. The Morgan fingerprint density at radius 2 is 1.94 bits per heavy atom. The summed E-state index contributed by atoms with van der Waals surface area (Å²) in [6, 6.07) is 0.376. The standard InChI is InChI=1S/C14H29NO3/c1-5-18-14(17)9-13(16)10-15-12(4)8-6-7-11(2)3/h11-13,15-16H,5-10H2,1-4H3. The Labute approximate surface area is 111 Å². The van der Waals surface area contributed by atoms with E-state index in [-0.39, 0.29) is 12.4 Å². The van der Waals surface area contributed by atoms with E-state index in [4.69, 9.17) is 4.74 Å². The highest BCUT2D eigenvalue weighted by Gasteiger charge is 2.12. The third-order valence-corrected chi connectivity index (χ3v) is 2.83. The number of esters is 1. The van der Waals surface area contributed by atoms with Gasteiger partial charge in [0.2, 0.25) is 0 Å². The molecule has 18 heavy (non-hydrogen) atoms. The minimum absolute atomic E-state index is 0.0690. The lowest BCUT2D eigenvalue weighted by Crippen LogP contribution is -2.35. The van der Waals surface area contributed by atoms with Gasteiger partial charge in [0.15, 0.2) is 0 Å². The molecular formula is C14H29NO3.